The maximum atomic E-state index is 11.9. The molecule has 5 aliphatic carbocycles. The number of carbonyl (C=O) groups is 1. The molecule has 0 radical (unpaired) electrons. The molecule has 8 atom stereocenters. The Kier molecular flexibility index (Phi) is 6.71. The highest BCUT2D eigenvalue weighted by Gasteiger charge is 2.69. The van der Waals surface area contributed by atoms with Crippen molar-refractivity contribution in [1.29, 1.82) is 0 Å². The number of fused-ring (bicyclic) bond motifs is 7. The van der Waals surface area contributed by atoms with Crippen molar-refractivity contribution in [1.82, 2.24) is 0 Å². The van der Waals surface area contributed by atoms with Crippen molar-refractivity contribution >= 4 is 5.97 Å². The highest BCUT2D eigenvalue weighted by atomic mass is 16.6. The summed E-state index contributed by atoms with van der Waals surface area (Å²) in [6.45, 7) is 19.0. The van der Waals surface area contributed by atoms with Gasteiger partial charge in [-0.05, 0) is 110 Å². The molecule has 0 N–H and O–H groups in total. The minimum atomic E-state index is -0.145. The van der Waals surface area contributed by atoms with Gasteiger partial charge in [-0.3, -0.25) is 14.9 Å². The van der Waals surface area contributed by atoms with Gasteiger partial charge in [0, 0.05) is 23.7 Å². The first-order chi connectivity index (χ1) is 17.6. The van der Waals surface area contributed by atoms with Gasteiger partial charge in [-0.2, -0.15) is 0 Å². The summed E-state index contributed by atoms with van der Waals surface area (Å²) in [4.78, 5) is 23.3. The van der Waals surface area contributed by atoms with Crippen LogP contribution in [0.2, 0.25) is 0 Å². The molecule has 4 saturated carbocycles. The smallest absolute Gasteiger partial charge is 0.302 e. The molecule has 0 saturated heterocycles. The van der Waals surface area contributed by atoms with Gasteiger partial charge in [0.2, 0.25) is 6.54 Å². The van der Waals surface area contributed by atoms with Crippen molar-refractivity contribution < 1.29 is 14.5 Å². The van der Waals surface area contributed by atoms with Crippen LogP contribution in [0.25, 0.3) is 0 Å². The molecule has 5 rings (SSSR count). The van der Waals surface area contributed by atoms with E-state index in [1.165, 1.54) is 32.1 Å². The molecule has 0 aromatic carbocycles. The van der Waals surface area contributed by atoms with Crippen LogP contribution in [0, 0.1) is 60.9 Å². The van der Waals surface area contributed by atoms with Crippen LogP contribution >= 0.6 is 0 Å². The zero-order valence-electron chi connectivity index (χ0n) is 25.5. The average molecular weight is 528 g/mol. The fraction of sp³-hybridized carbons (Fsp3) is 0.909. The lowest BCUT2D eigenvalue weighted by Crippen LogP contribution is -2.65. The van der Waals surface area contributed by atoms with E-state index in [1.807, 2.05) is 0 Å². The van der Waals surface area contributed by atoms with Gasteiger partial charge < -0.3 is 4.74 Å². The van der Waals surface area contributed by atoms with Gasteiger partial charge in [0.05, 0.1) is 0 Å². The monoisotopic (exact) mass is 527 g/mol. The van der Waals surface area contributed by atoms with Gasteiger partial charge in [-0.1, -0.05) is 59.6 Å². The molecule has 214 valence electrons. The lowest BCUT2D eigenvalue weighted by atomic mass is 9.33. The third-order valence-electron chi connectivity index (χ3n) is 13.8. The predicted molar refractivity (Wildman–Crippen MR) is 151 cm³/mol. The molecule has 0 aromatic rings. The summed E-state index contributed by atoms with van der Waals surface area (Å²) in [5.74, 6) is 2.18. The lowest BCUT2D eigenvalue weighted by molar-refractivity contribution is -0.483. The minimum absolute atomic E-state index is 0.0131. The molecule has 0 aliphatic heterocycles. The summed E-state index contributed by atoms with van der Waals surface area (Å²) in [6.07, 6.45) is 12.4. The van der Waals surface area contributed by atoms with Crippen LogP contribution in [0.15, 0.2) is 11.1 Å². The van der Waals surface area contributed by atoms with Crippen molar-refractivity contribution in [3.8, 4) is 0 Å². The number of esters is 1. The number of rotatable bonds is 5. The first kappa shape index (κ1) is 28.1. The van der Waals surface area contributed by atoms with Gasteiger partial charge in [-0.25, -0.2) is 0 Å². The van der Waals surface area contributed by atoms with Gasteiger partial charge in [0.25, 0.3) is 0 Å². The van der Waals surface area contributed by atoms with E-state index in [2.05, 4.69) is 48.5 Å². The summed E-state index contributed by atoms with van der Waals surface area (Å²) in [5, 5.41) is 11.5. The second kappa shape index (κ2) is 9.06. The van der Waals surface area contributed by atoms with E-state index in [-0.39, 0.29) is 50.6 Å². The Morgan fingerprint density at radius 3 is 2.29 bits per heavy atom. The molecule has 0 heterocycles. The average Bonchev–Trinajstić information content (AvgIpc) is 3.20. The van der Waals surface area contributed by atoms with E-state index in [0.29, 0.717) is 23.7 Å². The first-order valence-electron chi connectivity index (χ1n) is 15.6. The fourth-order valence-corrected chi connectivity index (χ4v) is 11.9. The highest BCUT2D eigenvalue weighted by molar-refractivity contribution is 5.66. The number of allylic oxidation sites excluding steroid dienone is 2. The van der Waals surface area contributed by atoms with Crippen LogP contribution in [0.1, 0.15) is 126 Å². The van der Waals surface area contributed by atoms with Crippen LogP contribution in [0.5, 0.6) is 0 Å². The SMILES string of the molecule is CC(=O)O[C@H]1CC[C@]2(C)[C@H]3CC[C@@H]4C5=C(C(C)C)CC[C@]5(CC[N+](=O)[O-])CC[C@@]4(C)[C@]3(C)CC[C@H]2C1(C)C. The second-order valence-electron chi connectivity index (χ2n) is 15.8. The number of nitro groups is 1. The molecule has 38 heavy (non-hydrogen) atoms. The zero-order valence-corrected chi connectivity index (χ0v) is 25.5. The topological polar surface area (TPSA) is 69.4 Å². The Bertz CT molecular complexity index is 1030. The number of ether oxygens (including phenoxy) is 1. The molecule has 4 fully saturated rings. The molecule has 5 heteroatoms. The van der Waals surface area contributed by atoms with Crippen LogP contribution in [-0.2, 0) is 9.53 Å². The maximum absolute atomic E-state index is 11.9. The van der Waals surface area contributed by atoms with Crippen LogP contribution < -0.4 is 0 Å². The Morgan fingerprint density at radius 2 is 1.66 bits per heavy atom. The third kappa shape index (κ3) is 3.79. The molecule has 0 spiro atoms. The van der Waals surface area contributed by atoms with Gasteiger partial charge >= 0.3 is 5.97 Å². The standard InChI is InChI=1S/C33H53NO4/c1-21(2)23-11-16-33(19-20-34(36)37)18-17-31(7)24(28(23)33)9-10-26-30(6)14-13-27(38-22(3)35)29(4,5)25(30)12-15-32(26,31)8/h21,24-27H,9-20H2,1-8H3/t24-,25+,26-,27+,30+,31-,32-,33-/m1/s1. The van der Waals surface area contributed by atoms with Crippen molar-refractivity contribution in [2.45, 2.75) is 132 Å². The summed E-state index contributed by atoms with van der Waals surface area (Å²) >= 11 is 0. The largest absolute Gasteiger partial charge is 0.462 e. The number of carbonyl (C=O) groups excluding carboxylic acids is 1. The van der Waals surface area contributed by atoms with Crippen LogP contribution in [-0.4, -0.2) is 23.5 Å². The quantitative estimate of drug-likeness (QED) is 0.156. The van der Waals surface area contributed by atoms with E-state index in [1.54, 1.807) is 18.1 Å². The Labute approximate surface area is 231 Å². The Balaban J connectivity index is 1.52. The summed E-state index contributed by atoms with van der Waals surface area (Å²) in [7, 11) is 0. The van der Waals surface area contributed by atoms with Crippen molar-refractivity contribution in [3.63, 3.8) is 0 Å². The normalized spacial score (nSPS) is 45.6. The van der Waals surface area contributed by atoms with E-state index in [9.17, 15) is 14.9 Å². The van der Waals surface area contributed by atoms with Crippen molar-refractivity contribution in [2.75, 3.05) is 6.54 Å². The summed E-state index contributed by atoms with van der Waals surface area (Å²) in [6, 6.07) is 0. The maximum Gasteiger partial charge on any atom is 0.302 e. The Hall–Kier alpha value is -1.39. The Morgan fingerprint density at radius 1 is 0.947 bits per heavy atom. The summed E-state index contributed by atoms with van der Waals surface area (Å²) in [5.41, 5.74) is 4.14. The second-order valence-corrected chi connectivity index (χ2v) is 15.8. The molecule has 5 nitrogen and oxygen atoms in total. The van der Waals surface area contributed by atoms with Gasteiger partial charge in [0.15, 0.2) is 0 Å². The number of hydrogen-bond acceptors (Lipinski definition) is 4. The molecular formula is C33H53NO4. The van der Waals surface area contributed by atoms with Crippen LogP contribution in [0.3, 0.4) is 0 Å². The molecular weight excluding hydrogens is 474 g/mol. The first-order valence-corrected chi connectivity index (χ1v) is 15.6. The van der Waals surface area contributed by atoms with E-state index < -0.39 is 0 Å². The number of nitrogens with zero attached hydrogens (tertiary/aromatic N) is 1. The van der Waals surface area contributed by atoms with E-state index >= 15 is 0 Å². The van der Waals surface area contributed by atoms with E-state index in [0.717, 1.165) is 38.5 Å². The van der Waals surface area contributed by atoms with E-state index in [4.69, 9.17) is 4.74 Å². The third-order valence-corrected chi connectivity index (χ3v) is 13.8. The minimum Gasteiger partial charge on any atom is -0.462 e. The molecule has 0 aromatic heterocycles. The number of hydrogen-bond donors (Lipinski definition) is 0. The lowest BCUT2D eigenvalue weighted by Gasteiger charge is -2.72. The van der Waals surface area contributed by atoms with Crippen LogP contribution in [0.4, 0.5) is 0 Å². The zero-order chi connectivity index (χ0) is 27.9. The van der Waals surface area contributed by atoms with Crippen molar-refractivity contribution in [2.24, 2.45) is 50.7 Å². The van der Waals surface area contributed by atoms with Crippen molar-refractivity contribution in [3.05, 3.63) is 21.3 Å². The molecule has 5 aliphatic rings. The highest BCUT2D eigenvalue weighted by Crippen LogP contribution is 2.77. The van der Waals surface area contributed by atoms with Gasteiger partial charge in [-0.15, -0.1) is 0 Å². The molecule has 0 bridgehead atoms. The van der Waals surface area contributed by atoms with Gasteiger partial charge in [0.1, 0.15) is 6.10 Å². The predicted octanol–water partition coefficient (Wildman–Crippen LogP) is 8.39. The summed E-state index contributed by atoms with van der Waals surface area (Å²) < 4.78 is 5.91. The molecule has 0 amide bonds. The molecule has 0 unspecified atom stereocenters. The fourth-order valence-electron chi connectivity index (χ4n) is 11.9.